The van der Waals surface area contributed by atoms with E-state index < -0.39 is 11.9 Å². The summed E-state index contributed by atoms with van der Waals surface area (Å²) in [6.07, 6.45) is 4.92. The lowest BCUT2D eigenvalue weighted by molar-refractivity contribution is -0.141. The molecule has 1 atom stereocenters. The van der Waals surface area contributed by atoms with Crippen LogP contribution in [0.15, 0.2) is 0 Å². The predicted octanol–water partition coefficient (Wildman–Crippen LogP) is 1.93. The van der Waals surface area contributed by atoms with E-state index in [9.17, 15) is 9.59 Å². The minimum absolute atomic E-state index is 0.148. The van der Waals surface area contributed by atoms with Crippen LogP contribution in [-0.2, 0) is 4.79 Å². The Labute approximate surface area is 109 Å². The zero-order valence-electron chi connectivity index (χ0n) is 11.3. The maximum atomic E-state index is 11.8. The zero-order valence-corrected chi connectivity index (χ0v) is 11.3. The van der Waals surface area contributed by atoms with E-state index in [1.54, 1.807) is 11.8 Å². The molecule has 0 aromatic rings. The number of nitrogens with one attached hydrogen (secondary N) is 1. The number of carboxylic acid groups (broad SMARTS) is 1. The zero-order chi connectivity index (χ0) is 13.5. The number of carboxylic acids is 1. The molecule has 104 valence electrons. The molecule has 1 aliphatic carbocycles. The second kappa shape index (κ2) is 7.24. The second-order valence-corrected chi connectivity index (χ2v) is 5.10. The van der Waals surface area contributed by atoms with Crippen LogP contribution in [0.25, 0.3) is 0 Å². The molecule has 0 saturated heterocycles. The van der Waals surface area contributed by atoms with Gasteiger partial charge in [-0.05, 0) is 19.3 Å². The maximum absolute atomic E-state index is 11.8. The molecule has 0 heterocycles. The first-order chi connectivity index (χ1) is 8.54. The number of rotatable bonds is 7. The van der Waals surface area contributed by atoms with Gasteiger partial charge in [-0.15, -0.1) is 0 Å². The number of nitrogens with zero attached hydrogens (tertiary/aromatic N) is 1. The average Bonchev–Trinajstić information content (AvgIpc) is 2.28. The van der Waals surface area contributed by atoms with E-state index >= 15 is 0 Å². The van der Waals surface area contributed by atoms with E-state index in [4.69, 9.17) is 5.11 Å². The SMILES string of the molecule is CCN(CC(C)C(=O)O)C(=O)NCCC1CCC1. The van der Waals surface area contributed by atoms with E-state index in [1.165, 1.54) is 19.3 Å². The molecule has 0 spiro atoms. The van der Waals surface area contributed by atoms with Crippen LogP contribution < -0.4 is 5.32 Å². The molecule has 2 amide bonds. The Morgan fingerprint density at radius 1 is 1.44 bits per heavy atom. The normalized spacial score (nSPS) is 16.8. The van der Waals surface area contributed by atoms with Crippen molar-refractivity contribution in [2.75, 3.05) is 19.6 Å². The third kappa shape index (κ3) is 4.55. The summed E-state index contributed by atoms with van der Waals surface area (Å²) in [4.78, 5) is 24.2. The average molecular weight is 256 g/mol. The highest BCUT2D eigenvalue weighted by molar-refractivity contribution is 5.75. The molecule has 0 radical (unpaired) electrons. The van der Waals surface area contributed by atoms with Crippen molar-refractivity contribution in [1.82, 2.24) is 10.2 Å². The van der Waals surface area contributed by atoms with Gasteiger partial charge in [0.2, 0.25) is 0 Å². The van der Waals surface area contributed by atoms with Crippen molar-refractivity contribution in [2.24, 2.45) is 11.8 Å². The van der Waals surface area contributed by atoms with Gasteiger partial charge in [0.05, 0.1) is 5.92 Å². The van der Waals surface area contributed by atoms with Gasteiger partial charge >= 0.3 is 12.0 Å². The maximum Gasteiger partial charge on any atom is 0.317 e. The molecule has 2 N–H and O–H groups in total. The van der Waals surface area contributed by atoms with E-state index in [2.05, 4.69) is 5.32 Å². The third-order valence-electron chi connectivity index (χ3n) is 3.64. The highest BCUT2D eigenvalue weighted by atomic mass is 16.4. The Balaban J connectivity index is 2.24. The monoisotopic (exact) mass is 256 g/mol. The molecule has 18 heavy (non-hydrogen) atoms. The smallest absolute Gasteiger partial charge is 0.317 e. The molecule has 1 fully saturated rings. The molecule has 1 unspecified atom stereocenters. The van der Waals surface area contributed by atoms with E-state index in [0.717, 1.165) is 12.3 Å². The number of amides is 2. The highest BCUT2D eigenvalue weighted by Crippen LogP contribution is 2.28. The van der Waals surface area contributed by atoms with Crippen LogP contribution in [0.4, 0.5) is 4.79 Å². The lowest BCUT2D eigenvalue weighted by Crippen LogP contribution is -2.43. The minimum atomic E-state index is -0.865. The molecule has 1 aliphatic rings. The van der Waals surface area contributed by atoms with Crippen molar-refractivity contribution in [3.05, 3.63) is 0 Å². The molecule has 1 saturated carbocycles. The van der Waals surface area contributed by atoms with E-state index in [-0.39, 0.29) is 12.6 Å². The van der Waals surface area contributed by atoms with Crippen molar-refractivity contribution in [1.29, 1.82) is 0 Å². The van der Waals surface area contributed by atoms with Gasteiger partial charge in [0, 0.05) is 19.6 Å². The van der Waals surface area contributed by atoms with Gasteiger partial charge in [0.25, 0.3) is 0 Å². The van der Waals surface area contributed by atoms with Crippen LogP contribution in [0.2, 0.25) is 0 Å². The van der Waals surface area contributed by atoms with Gasteiger partial charge in [-0.1, -0.05) is 26.2 Å². The molecule has 0 aromatic carbocycles. The van der Waals surface area contributed by atoms with Gasteiger partial charge in [0.15, 0.2) is 0 Å². The fourth-order valence-corrected chi connectivity index (χ4v) is 2.04. The van der Waals surface area contributed by atoms with Gasteiger partial charge in [-0.3, -0.25) is 4.79 Å². The molecule has 0 bridgehead atoms. The van der Waals surface area contributed by atoms with Gasteiger partial charge in [0.1, 0.15) is 0 Å². The molecule has 0 aromatic heterocycles. The second-order valence-electron chi connectivity index (χ2n) is 5.10. The van der Waals surface area contributed by atoms with E-state index in [1.807, 2.05) is 6.92 Å². The first-order valence-corrected chi connectivity index (χ1v) is 6.80. The van der Waals surface area contributed by atoms with Crippen LogP contribution in [0.5, 0.6) is 0 Å². The fraction of sp³-hybridized carbons (Fsp3) is 0.846. The minimum Gasteiger partial charge on any atom is -0.481 e. The molecule has 1 rings (SSSR count). The summed E-state index contributed by atoms with van der Waals surface area (Å²) in [5, 5.41) is 11.7. The number of carbonyl (C=O) groups excluding carboxylic acids is 1. The number of aliphatic carboxylic acids is 1. The lowest BCUT2D eigenvalue weighted by atomic mass is 9.83. The summed E-state index contributed by atoms with van der Waals surface area (Å²) in [6, 6.07) is -0.148. The summed E-state index contributed by atoms with van der Waals surface area (Å²) in [5.74, 6) is -0.614. The Kier molecular flexibility index (Phi) is 5.95. The van der Waals surface area contributed by atoms with Gasteiger partial charge in [-0.2, -0.15) is 0 Å². The molecular weight excluding hydrogens is 232 g/mol. The Bertz CT molecular complexity index is 290. The van der Waals surface area contributed by atoms with Crippen LogP contribution in [0, 0.1) is 11.8 Å². The number of urea groups is 1. The molecule has 5 heteroatoms. The van der Waals surface area contributed by atoms with Crippen molar-refractivity contribution in [3.63, 3.8) is 0 Å². The predicted molar refractivity (Wildman–Crippen MR) is 69.4 cm³/mol. The Morgan fingerprint density at radius 2 is 2.11 bits per heavy atom. The van der Waals surface area contributed by atoms with Crippen molar-refractivity contribution < 1.29 is 14.7 Å². The Morgan fingerprint density at radius 3 is 2.56 bits per heavy atom. The van der Waals surface area contributed by atoms with Crippen molar-refractivity contribution in [2.45, 2.75) is 39.5 Å². The third-order valence-corrected chi connectivity index (χ3v) is 3.64. The first kappa shape index (κ1) is 14.8. The first-order valence-electron chi connectivity index (χ1n) is 6.80. The molecule has 0 aliphatic heterocycles. The number of hydrogen-bond donors (Lipinski definition) is 2. The van der Waals surface area contributed by atoms with Crippen LogP contribution >= 0.6 is 0 Å². The summed E-state index contributed by atoms with van der Waals surface area (Å²) in [5.41, 5.74) is 0. The van der Waals surface area contributed by atoms with Gasteiger partial charge < -0.3 is 15.3 Å². The van der Waals surface area contributed by atoms with Crippen molar-refractivity contribution in [3.8, 4) is 0 Å². The lowest BCUT2D eigenvalue weighted by Gasteiger charge is -2.27. The summed E-state index contributed by atoms with van der Waals surface area (Å²) < 4.78 is 0. The molecule has 5 nitrogen and oxygen atoms in total. The highest BCUT2D eigenvalue weighted by Gasteiger charge is 2.20. The van der Waals surface area contributed by atoms with Crippen LogP contribution in [0.1, 0.15) is 39.5 Å². The summed E-state index contributed by atoms with van der Waals surface area (Å²) in [7, 11) is 0. The number of carbonyl (C=O) groups is 2. The van der Waals surface area contributed by atoms with Gasteiger partial charge in [-0.25, -0.2) is 4.79 Å². The van der Waals surface area contributed by atoms with Crippen LogP contribution in [-0.4, -0.2) is 41.6 Å². The largest absolute Gasteiger partial charge is 0.481 e. The topological polar surface area (TPSA) is 69.6 Å². The quantitative estimate of drug-likeness (QED) is 0.731. The van der Waals surface area contributed by atoms with Crippen molar-refractivity contribution >= 4 is 12.0 Å². The summed E-state index contributed by atoms with van der Waals surface area (Å²) in [6.45, 7) is 4.97. The standard InChI is InChI=1S/C13H24N2O3/c1-3-15(9-10(2)12(16)17)13(18)14-8-7-11-5-4-6-11/h10-11H,3-9H2,1-2H3,(H,14,18)(H,16,17). The summed E-state index contributed by atoms with van der Waals surface area (Å²) >= 11 is 0. The van der Waals surface area contributed by atoms with Crippen LogP contribution in [0.3, 0.4) is 0 Å². The van der Waals surface area contributed by atoms with E-state index in [0.29, 0.717) is 13.1 Å². The fourth-order valence-electron chi connectivity index (χ4n) is 2.04. The Hall–Kier alpha value is -1.26. The number of hydrogen-bond acceptors (Lipinski definition) is 2. The molecular formula is C13H24N2O3.